The third-order valence-electron chi connectivity index (χ3n) is 0.250. The van der Waals surface area contributed by atoms with Crippen molar-refractivity contribution in [3.05, 3.63) is 0 Å². The van der Waals surface area contributed by atoms with Crippen molar-refractivity contribution in [3.63, 3.8) is 0 Å². The molecular weight excluding hydrogens is 127 g/mol. The van der Waals surface area contributed by atoms with E-state index in [4.69, 9.17) is 0 Å². The van der Waals surface area contributed by atoms with E-state index in [0.29, 0.717) is 0 Å². The summed E-state index contributed by atoms with van der Waals surface area (Å²) in [6.07, 6.45) is 1.36. The van der Waals surface area contributed by atoms with Gasteiger partial charge in [0.2, 0.25) is 0 Å². The summed E-state index contributed by atoms with van der Waals surface area (Å²) in [4.78, 5) is 0. The van der Waals surface area contributed by atoms with E-state index in [9.17, 15) is 0 Å². The fourth-order valence-corrected chi connectivity index (χ4v) is 0. The van der Waals surface area contributed by atoms with Crippen molar-refractivity contribution in [1.82, 2.24) is 0 Å². The van der Waals surface area contributed by atoms with Crippen LogP contribution in [0.5, 0.6) is 0 Å². The topological polar surface area (TPSA) is 0 Å². The second-order valence-electron chi connectivity index (χ2n) is 0.750. The molecule has 0 rings (SSSR count). The molecule has 0 aliphatic carbocycles. The molecule has 20 valence electrons. The molecule has 0 nitrogen and oxygen atoms in total. The Hall–Kier alpha value is 0.883. The van der Waals surface area contributed by atoms with E-state index < -0.39 is 0 Å². The molecule has 0 heterocycles. The fraction of sp³-hybridized carbons (Fsp3) is 1.00. The van der Waals surface area contributed by atoms with Crippen LogP contribution < -0.4 is 0 Å². The summed E-state index contributed by atoms with van der Waals surface area (Å²) >= 11 is 1.67. The first-order valence-electron chi connectivity index (χ1n) is 1.56. The van der Waals surface area contributed by atoms with Crippen molar-refractivity contribution in [2.45, 2.75) is 17.5 Å². The minimum atomic E-state index is 1.36. The summed E-state index contributed by atoms with van der Waals surface area (Å²) in [5.41, 5.74) is 0. The van der Waals surface area contributed by atoms with Crippen LogP contribution in [0.3, 0.4) is 0 Å². The molecule has 0 bridgehead atoms. The first kappa shape index (κ1) is 4.88. The van der Waals surface area contributed by atoms with Crippen LogP contribution in [0, 0.1) is 0 Å². The molecule has 0 spiro atoms. The molecule has 0 saturated heterocycles. The minimum absolute atomic E-state index is 1.36. The van der Waals surface area contributed by atoms with Crippen molar-refractivity contribution in [3.8, 4) is 0 Å². The quantitative estimate of drug-likeness (QED) is 0.508. The third kappa shape index (κ3) is 2.88. The molecule has 0 saturated carbocycles. The molecule has 0 aromatic heterocycles. The predicted octanol–water partition coefficient (Wildman–Crippen LogP) is 1.36. The standard InChI is InChI=1S/C3H7.Zr/c1-3-2;/h1,3H2,2H3;/q;+3. The number of hydrogen-bond donors (Lipinski definition) is 0. The van der Waals surface area contributed by atoms with Gasteiger partial charge in [0, 0.05) is 0 Å². The molecule has 0 radical (unpaired) electrons. The van der Waals surface area contributed by atoms with Crippen molar-refractivity contribution < 1.29 is 24.7 Å². The van der Waals surface area contributed by atoms with Crippen molar-refractivity contribution in [1.29, 1.82) is 0 Å². The van der Waals surface area contributed by atoms with Gasteiger partial charge in [-0.25, -0.2) is 0 Å². The summed E-state index contributed by atoms with van der Waals surface area (Å²) in [6.45, 7) is 2.20. The molecule has 0 N–H and O–H groups in total. The Morgan fingerprint density at radius 1 is 1.75 bits per heavy atom. The van der Waals surface area contributed by atoms with E-state index in [1.54, 1.807) is 24.7 Å². The normalized spacial score (nSPS) is 7.75. The molecule has 0 aromatic carbocycles. The summed E-state index contributed by atoms with van der Waals surface area (Å²) in [5.74, 6) is 0. The van der Waals surface area contributed by atoms with E-state index in [2.05, 4.69) is 6.92 Å². The van der Waals surface area contributed by atoms with Crippen LogP contribution >= 0.6 is 0 Å². The van der Waals surface area contributed by atoms with Gasteiger partial charge in [-0.15, -0.1) is 0 Å². The van der Waals surface area contributed by atoms with Gasteiger partial charge in [0.1, 0.15) is 0 Å². The van der Waals surface area contributed by atoms with E-state index in [0.717, 1.165) is 0 Å². The van der Waals surface area contributed by atoms with Crippen molar-refractivity contribution >= 4 is 0 Å². The van der Waals surface area contributed by atoms with Crippen LogP contribution in [0.4, 0.5) is 0 Å². The molecular formula is C3H7Zr+3. The number of rotatable bonds is 1. The van der Waals surface area contributed by atoms with Crippen LogP contribution in [-0.2, 0) is 24.7 Å². The molecule has 0 unspecified atom stereocenters. The molecule has 0 fully saturated rings. The summed E-state index contributed by atoms with van der Waals surface area (Å²) in [6, 6.07) is 0. The van der Waals surface area contributed by atoms with Gasteiger partial charge in [-0.2, -0.15) is 0 Å². The monoisotopic (exact) mass is 133 g/mol. The zero-order valence-corrected chi connectivity index (χ0v) is 5.37. The van der Waals surface area contributed by atoms with Gasteiger partial charge in [-0.05, 0) is 0 Å². The van der Waals surface area contributed by atoms with Gasteiger partial charge in [0.05, 0.1) is 0 Å². The van der Waals surface area contributed by atoms with Crippen LogP contribution in [-0.4, -0.2) is 0 Å². The van der Waals surface area contributed by atoms with Crippen LogP contribution in [0.15, 0.2) is 0 Å². The van der Waals surface area contributed by atoms with Gasteiger partial charge >= 0.3 is 42.2 Å². The Morgan fingerprint density at radius 3 is 2.00 bits per heavy atom. The predicted molar refractivity (Wildman–Crippen MR) is 15.1 cm³/mol. The summed E-state index contributed by atoms with van der Waals surface area (Å²) in [7, 11) is 0. The fourth-order valence-electron chi connectivity index (χ4n) is 0. The Labute approximate surface area is 42.4 Å². The van der Waals surface area contributed by atoms with E-state index in [-0.39, 0.29) is 0 Å². The molecule has 0 aromatic rings. The third-order valence-corrected chi connectivity index (χ3v) is 1.48. The van der Waals surface area contributed by atoms with E-state index >= 15 is 0 Å². The average molecular weight is 134 g/mol. The molecule has 0 amide bonds. The van der Waals surface area contributed by atoms with Crippen molar-refractivity contribution in [2.24, 2.45) is 0 Å². The Kier molecular flexibility index (Phi) is 4.74. The van der Waals surface area contributed by atoms with Gasteiger partial charge in [0.25, 0.3) is 0 Å². The van der Waals surface area contributed by atoms with E-state index in [1.807, 2.05) is 0 Å². The SMILES string of the molecule is CC[CH2][Zr+3]. The molecule has 1 heteroatoms. The van der Waals surface area contributed by atoms with Crippen LogP contribution in [0.1, 0.15) is 13.3 Å². The zero-order chi connectivity index (χ0) is 3.41. The zero-order valence-electron chi connectivity index (χ0n) is 2.91. The van der Waals surface area contributed by atoms with Gasteiger partial charge in [-0.3, -0.25) is 0 Å². The Bertz CT molecular complexity index is 5.25. The second-order valence-corrected chi connectivity index (χ2v) is 1.98. The first-order valence-corrected chi connectivity index (χ1v) is 3.30. The second kappa shape index (κ2) is 3.88. The summed E-state index contributed by atoms with van der Waals surface area (Å²) in [5, 5.41) is 0. The summed E-state index contributed by atoms with van der Waals surface area (Å²) < 4.78 is 1.41. The first-order chi connectivity index (χ1) is 1.91. The van der Waals surface area contributed by atoms with E-state index in [1.165, 1.54) is 10.5 Å². The van der Waals surface area contributed by atoms with Gasteiger partial charge in [0.15, 0.2) is 0 Å². The van der Waals surface area contributed by atoms with Gasteiger partial charge < -0.3 is 0 Å². The molecule has 0 aliphatic heterocycles. The Balaban J connectivity index is 1.97. The molecule has 4 heavy (non-hydrogen) atoms. The molecule has 0 aliphatic rings. The maximum absolute atomic E-state index is 2.20. The average Bonchev–Trinajstić information content (AvgIpc) is 1.37. The maximum atomic E-state index is 2.20. The number of hydrogen-bond acceptors (Lipinski definition) is 0. The van der Waals surface area contributed by atoms with Crippen LogP contribution in [0.2, 0.25) is 4.13 Å². The van der Waals surface area contributed by atoms with Crippen LogP contribution in [0.25, 0.3) is 0 Å². The Morgan fingerprint density at radius 2 is 2.00 bits per heavy atom. The van der Waals surface area contributed by atoms with Gasteiger partial charge in [-0.1, -0.05) is 0 Å². The molecule has 0 atom stereocenters. The van der Waals surface area contributed by atoms with Crippen molar-refractivity contribution in [2.75, 3.05) is 0 Å².